The third-order valence-electron chi connectivity index (χ3n) is 2.95. The molecule has 2 aromatic carbocycles. The number of allylic oxidation sites excluding steroid dienone is 1. The van der Waals surface area contributed by atoms with E-state index in [1.54, 1.807) is 18.5 Å². The number of hydrogen-bond donors (Lipinski definition) is 1. The van der Waals surface area contributed by atoms with Crippen molar-refractivity contribution in [2.45, 2.75) is 0 Å². The number of rotatable bonds is 0. The third-order valence-corrected chi connectivity index (χ3v) is 2.95. The van der Waals surface area contributed by atoms with Crippen LogP contribution in [-0.4, -0.2) is 21.2 Å². The second-order valence-corrected chi connectivity index (χ2v) is 4.10. The standard InChI is InChI=1S/C13H8O.C2H3N3/c14-12-8-7-10-4-1-3-9-5-2-6-11(12)13(9)10;1-2-4-5-3-1/h1-8H;1-2H,(H,3,4,5). The Kier molecular flexibility index (Phi) is 2.90. The van der Waals surface area contributed by atoms with E-state index in [0.29, 0.717) is 0 Å². The van der Waals surface area contributed by atoms with Crippen molar-refractivity contribution in [3.05, 3.63) is 66.0 Å². The van der Waals surface area contributed by atoms with Crippen LogP contribution in [0.15, 0.2) is 54.9 Å². The molecule has 1 heterocycles. The Morgan fingerprint density at radius 1 is 0.895 bits per heavy atom. The van der Waals surface area contributed by atoms with Gasteiger partial charge in [-0.1, -0.05) is 42.5 Å². The lowest BCUT2D eigenvalue weighted by atomic mass is 9.92. The summed E-state index contributed by atoms with van der Waals surface area (Å²) >= 11 is 0. The van der Waals surface area contributed by atoms with Crippen molar-refractivity contribution in [1.82, 2.24) is 15.4 Å². The van der Waals surface area contributed by atoms with Crippen molar-refractivity contribution >= 4 is 22.6 Å². The number of nitrogens with one attached hydrogen (secondary N) is 1. The molecule has 92 valence electrons. The van der Waals surface area contributed by atoms with E-state index in [2.05, 4.69) is 15.4 Å². The van der Waals surface area contributed by atoms with Gasteiger partial charge in [-0.2, -0.15) is 15.4 Å². The molecule has 4 rings (SSSR count). The van der Waals surface area contributed by atoms with Crippen molar-refractivity contribution < 1.29 is 4.79 Å². The van der Waals surface area contributed by atoms with Gasteiger partial charge in [0.15, 0.2) is 5.78 Å². The topological polar surface area (TPSA) is 58.6 Å². The van der Waals surface area contributed by atoms with Crippen LogP contribution in [0.1, 0.15) is 15.9 Å². The second kappa shape index (κ2) is 4.86. The zero-order valence-electron chi connectivity index (χ0n) is 10.1. The Hall–Kier alpha value is -2.75. The number of nitrogens with zero attached hydrogens (tertiary/aromatic N) is 2. The largest absolute Gasteiger partial charge is 0.289 e. The lowest BCUT2D eigenvalue weighted by molar-refractivity contribution is 0.104. The van der Waals surface area contributed by atoms with Crippen molar-refractivity contribution in [1.29, 1.82) is 0 Å². The van der Waals surface area contributed by atoms with Gasteiger partial charge in [0.25, 0.3) is 0 Å². The Bertz CT molecular complexity index is 723. The first-order valence-electron chi connectivity index (χ1n) is 5.90. The van der Waals surface area contributed by atoms with E-state index in [1.807, 2.05) is 42.5 Å². The van der Waals surface area contributed by atoms with Crippen molar-refractivity contribution in [2.75, 3.05) is 0 Å². The first kappa shape index (κ1) is 11.3. The van der Waals surface area contributed by atoms with Gasteiger partial charge < -0.3 is 0 Å². The molecule has 0 unspecified atom stereocenters. The maximum absolute atomic E-state index is 11.6. The first-order chi connectivity index (χ1) is 9.36. The normalized spacial score (nSPS) is 12.1. The fraction of sp³-hybridized carbons (Fsp3) is 0. The summed E-state index contributed by atoms with van der Waals surface area (Å²) < 4.78 is 0. The minimum absolute atomic E-state index is 0.106. The van der Waals surface area contributed by atoms with E-state index < -0.39 is 0 Å². The van der Waals surface area contributed by atoms with Gasteiger partial charge in [-0.25, -0.2) is 0 Å². The summed E-state index contributed by atoms with van der Waals surface area (Å²) in [6.45, 7) is 0. The fourth-order valence-electron chi connectivity index (χ4n) is 2.14. The summed E-state index contributed by atoms with van der Waals surface area (Å²) in [6, 6.07) is 11.9. The van der Waals surface area contributed by atoms with Crippen molar-refractivity contribution in [2.24, 2.45) is 0 Å². The molecule has 0 radical (unpaired) electrons. The van der Waals surface area contributed by atoms with Crippen LogP contribution in [0.4, 0.5) is 0 Å². The molecule has 19 heavy (non-hydrogen) atoms. The molecule has 0 spiro atoms. The Morgan fingerprint density at radius 2 is 1.63 bits per heavy atom. The van der Waals surface area contributed by atoms with E-state index in [-0.39, 0.29) is 5.78 Å². The summed E-state index contributed by atoms with van der Waals surface area (Å²) in [5.41, 5.74) is 1.96. The lowest BCUT2D eigenvalue weighted by Crippen LogP contribution is -2.00. The Balaban J connectivity index is 0.000000187. The van der Waals surface area contributed by atoms with Crippen LogP contribution in [-0.2, 0) is 0 Å². The molecule has 0 atom stereocenters. The molecule has 0 saturated heterocycles. The molecular weight excluding hydrogens is 238 g/mol. The van der Waals surface area contributed by atoms with E-state index in [4.69, 9.17) is 0 Å². The summed E-state index contributed by atoms with van der Waals surface area (Å²) in [4.78, 5) is 11.6. The average molecular weight is 249 g/mol. The molecule has 4 nitrogen and oxygen atoms in total. The average Bonchev–Trinajstić information content (AvgIpc) is 3.02. The zero-order valence-corrected chi connectivity index (χ0v) is 10.1. The quantitative estimate of drug-likeness (QED) is 0.666. The molecule has 0 aliphatic heterocycles. The van der Waals surface area contributed by atoms with Crippen LogP contribution in [0.3, 0.4) is 0 Å². The van der Waals surface area contributed by atoms with Gasteiger partial charge in [-0.3, -0.25) is 4.79 Å². The van der Waals surface area contributed by atoms with Gasteiger partial charge in [0.2, 0.25) is 0 Å². The summed E-state index contributed by atoms with van der Waals surface area (Å²) in [5, 5.41) is 11.6. The molecular formula is C15H11N3O. The molecule has 0 fully saturated rings. The number of H-pyrrole nitrogens is 1. The highest BCUT2D eigenvalue weighted by atomic mass is 16.1. The number of aromatic amines is 1. The zero-order chi connectivity index (χ0) is 13.1. The molecule has 1 aliphatic carbocycles. The van der Waals surface area contributed by atoms with Crippen LogP contribution in [0, 0.1) is 0 Å². The van der Waals surface area contributed by atoms with Crippen LogP contribution in [0.5, 0.6) is 0 Å². The molecule has 1 aliphatic rings. The summed E-state index contributed by atoms with van der Waals surface area (Å²) in [5.74, 6) is 0.106. The highest BCUT2D eigenvalue weighted by Crippen LogP contribution is 2.27. The molecule has 0 amide bonds. The highest BCUT2D eigenvalue weighted by molar-refractivity contribution is 6.19. The third kappa shape index (κ3) is 2.15. The van der Waals surface area contributed by atoms with Crippen molar-refractivity contribution in [3.8, 4) is 0 Å². The van der Waals surface area contributed by atoms with Crippen LogP contribution in [0.25, 0.3) is 16.8 Å². The van der Waals surface area contributed by atoms with E-state index in [0.717, 1.165) is 21.9 Å². The van der Waals surface area contributed by atoms with Gasteiger partial charge in [0, 0.05) is 10.9 Å². The predicted octanol–water partition coefficient (Wildman–Crippen LogP) is 2.85. The van der Waals surface area contributed by atoms with Gasteiger partial charge in [0.05, 0.1) is 12.4 Å². The van der Waals surface area contributed by atoms with Gasteiger partial charge in [-0.15, -0.1) is 0 Å². The molecule has 4 heteroatoms. The lowest BCUT2D eigenvalue weighted by Gasteiger charge is -2.10. The van der Waals surface area contributed by atoms with Crippen LogP contribution < -0.4 is 0 Å². The number of carbonyl (C=O) groups is 1. The maximum Gasteiger partial charge on any atom is 0.186 e. The van der Waals surface area contributed by atoms with Gasteiger partial charge >= 0.3 is 0 Å². The van der Waals surface area contributed by atoms with Crippen molar-refractivity contribution in [3.63, 3.8) is 0 Å². The molecule has 0 saturated carbocycles. The number of carbonyl (C=O) groups excluding carboxylic acids is 1. The van der Waals surface area contributed by atoms with Gasteiger partial charge in [0.1, 0.15) is 0 Å². The Labute approximate surface area is 109 Å². The number of benzene rings is 2. The minimum Gasteiger partial charge on any atom is -0.289 e. The van der Waals surface area contributed by atoms with Crippen LogP contribution >= 0.6 is 0 Å². The highest BCUT2D eigenvalue weighted by Gasteiger charge is 2.13. The number of aromatic nitrogens is 3. The smallest absolute Gasteiger partial charge is 0.186 e. The fourth-order valence-corrected chi connectivity index (χ4v) is 2.14. The monoisotopic (exact) mass is 249 g/mol. The number of hydrogen-bond acceptors (Lipinski definition) is 3. The van der Waals surface area contributed by atoms with E-state index in [1.165, 1.54) is 0 Å². The predicted molar refractivity (Wildman–Crippen MR) is 73.7 cm³/mol. The molecule has 1 N–H and O–H groups in total. The van der Waals surface area contributed by atoms with E-state index >= 15 is 0 Å². The number of ketones is 1. The molecule has 0 bridgehead atoms. The Morgan fingerprint density at radius 3 is 2.32 bits per heavy atom. The molecule has 1 aromatic heterocycles. The molecule has 3 aromatic rings. The summed E-state index contributed by atoms with van der Waals surface area (Å²) in [6.07, 6.45) is 6.69. The first-order valence-corrected chi connectivity index (χ1v) is 5.90. The van der Waals surface area contributed by atoms with Crippen LogP contribution in [0.2, 0.25) is 0 Å². The SMILES string of the molecule is O=C1C=Cc2cccc3cccc1c23.c1cn[nH]n1. The second-order valence-electron chi connectivity index (χ2n) is 4.10. The summed E-state index contributed by atoms with van der Waals surface area (Å²) in [7, 11) is 0. The van der Waals surface area contributed by atoms with E-state index in [9.17, 15) is 4.79 Å². The van der Waals surface area contributed by atoms with Gasteiger partial charge in [-0.05, 0) is 17.0 Å². The minimum atomic E-state index is 0.106. The maximum atomic E-state index is 11.6.